The molecule has 0 aliphatic carbocycles. The second-order valence-corrected chi connectivity index (χ2v) is 6.16. The lowest BCUT2D eigenvalue weighted by molar-refractivity contribution is 0.315. The van der Waals surface area contributed by atoms with Crippen LogP contribution >= 0.6 is 15.9 Å². The van der Waals surface area contributed by atoms with Crippen LogP contribution in [0.3, 0.4) is 0 Å². The number of halogens is 1. The number of aryl methyl sites for hydroxylation is 1. The van der Waals surface area contributed by atoms with Crippen LogP contribution in [0.25, 0.3) is 0 Å². The SMILES string of the molecule is CCCOc1ccc(C(N)c2cccc(C)c2C)cc1Br. The zero-order chi connectivity index (χ0) is 15.4. The third-order valence-corrected chi connectivity index (χ3v) is 4.38. The summed E-state index contributed by atoms with van der Waals surface area (Å²) in [7, 11) is 0. The molecule has 0 radical (unpaired) electrons. The minimum absolute atomic E-state index is 0.124. The Morgan fingerprint density at radius 1 is 1.19 bits per heavy atom. The molecule has 2 N–H and O–H groups in total. The predicted molar refractivity (Wildman–Crippen MR) is 91.9 cm³/mol. The molecule has 1 atom stereocenters. The fourth-order valence-corrected chi connectivity index (χ4v) is 2.84. The zero-order valence-electron chi connectivity index (χ0n) is 12.8. The Kier molecular flexibility index (Phi) is 5.43. The van der Waals surface area contributed by atoms with Crippen molar-refractivity contribution in [1.29, 1.82) is 0 Å². The summed E-state index contributed by atoms with van der Waals surface area (Å²) in [5, 5.41) is 0. The lowest BCUT2D eigenvalue weighted by atomic mass is 9.93. The highest BCUT2D eigenvalue weighted by molar-refractivity contribution is 9.10. The Hall–Kier alpha value is -1.32. The maximum absolute atomic E-state index is 6.44. The van der Waals surface area contributed by atoms with Crippen LogP contribution in [-0.4, -0.2) is 6.61 Å². The van der Waals surface area contributed by atoms with Crippen LogP contribution in [0.15, 0.2) is 40.9 Å². The standard InChI is InChI=1S/C18H22BrNO/c1-4-10-21-17-9-8-14(11-16(17)19)18(20)15-7-5-6-12(2)13(15)3/h5-9,11,18H,4,10,20H2,1-3H3. The Morgan fingerprint density at radius 2 is 1.95 bits per heavy atom. The molecule has 0 saturated heterocycles. The molecule has 3 heteroatoms. The highest BCUT2D eigenvalue weighted by Crippen LogP contribution is 2.31. The molecule has 0 aliphatic rings. The Labute approximate surface area is 135 Å². The van der Waals surface area contributed by atoms with Crippen molar-refractivity contribution < 1.29 is 4.74 Å². The van der Waals surface area contributed by atoms with E-state index in [1.54, 1.807) is 0 Å². The van der Waals surface area contributed by atoms with E-state index in [0.717, 1.165) is 28.8 Å². The summed E-state index contributed by atoms with van der Waals surface area (Å²) in [4.78, 5) is 0. The number of benzene rings is 2. The first-order valence-corrected chi connectivity index (χ1v) is 8.07. The molecule has 0 aromatic heterocycles. The van der Waals surface area contributed by atoms with Crippen molar-refractivity contribution in [3.8, 4) is 5.75 Å². The molecular weight excluding hydrogens is 326 g/mol. The molecule has 0 spiro atoms. The minimum atomic E-state index is -0.124. The summed E-state index contributed by atoms with van der Waals surface area (Å²) >= 11 is 3.57. The van der Waals surface area contributed by atoms with Crippen molar-refractivity contribution in [2.75, 3.05) is 6.61 Å². The summed E-state index contributed by atoms with van der Waals surface area (Å²) in [6, 6.07) is 12.2. The first kappa shape index (κ1) is 16.1. The van der Waals surface area contributed by atoms with Crippen molar-refractivity contribution in [2.24, 2.45) is 5.73 Å². The zero-order valence-corrected chi connectivity index (χ0v) is 14.4. The number of hydrogen-bond acceptors (Lipinski definition) is 2. The van der Waals surface area contributed by atoms with E-state index >= 15 is 0 Å². The molecular formula is C18H22BrNO. The van der Waals surface area contributed by atoms with E-state index in [2.05, 4.69) is 61.0 Å². The molecule has 21 heavy (non-hydrogen) atoms. The van der Waals surface area contributed by atoms with Gasteiger partial charge < -0.3 is 10.5 Å². The predicted octanol–water partition coefficient (Wildman–Crippen LogP) is 4.90. The van der Waals surface area contributed by atoms with Gasteiger partial charge in [0.2, 0.25) is 0 Å². The molecule has 0 bridgehead atoms. The second kappa shape index (κ2) is 7.10. The van der Waals surface area contributed by atoms with Crippen molar-refractivity contribution in [3.63, 3.8) is 0 Å². The fourth-order valence-electron chi connectivity index (χ4n) is 2.33. The van der Waals surface area contributed by atoms with Gasteiger partial charge in [0.15, 0.2) is 0 Å². The number of ether oxygens (including phenoxy) is 1. The van der Waals surface area contributed by atoms with E-state index < -0.39 is 0 Å². The topological polar surface area (TPSA) is 35.2 Å². The Balaban J connectivity index is 2.29. The number of rotatable bonds is 5. The number of hydrogen-bond donors (Lipinski definition) is 1. The van der Waals surface area contributed by atoms with E-state index in [1.807, 2.05) is 12.1 Å². The van der Waals surface area contributed by atoms with Gasteiger partial charge in [-0.15, -0.1) is 0 Å². The summed E-state index contributed by atoms with van der Waals surface area (Å²) in [5.41, 5.74) is 11.2. The average molecular weight is 348 g/mol. The molecule has 112 valence electrons. The van der Waals surface area contributed by atoms with Crippen LogP contribution in [0.2, 0.25) is 0 Å². The quantitative estimate of drug-likeness (QED) is 0.834. The average Bonchev–Trinajstić information content (AvgIpc) is 2.48. The maximum Gasteiger partial charge on any atom is 0.133 e. The van der Waals surface area contributed by atoms with Crippen LogP contribution < -0.4 is 10.5 Å². The lowest BCUT2D eigenvalue weighted by Gasteiger charge is -2.18. The van der Waals surface area contributed by atoms with E-state index in [4.69, 9.17) is 10.5 Å². The van der Waals surface area contributed by atoms with Gasteiger partial charge in [0.05, 0.1) is 17.1 Å². The molecule has 0 aliphatic heterocycles. The summed E-state index contributed by atoms with van der Waals surface area (Å²) in [6.07, 6.45) is 0.996. The molecule has 2 aromatic rings. The molecule has 1 unspecified atom stereocenters. The van der Waals surface area contributed by atoms with Crippen molar-refractivity contribution >= 4 is 15.9 Å². The van der Waals surface area contributed by atoms with Crippen LogP contribution in [0.5, 0.6) is 5.75 Å². The minimum Gasteiger partial charge on any atom is -0.492 e. The maximum atomic E-state index is 6.44. The number of nitrogens with two attached hydrogens (primary N) is 1. The van der Waals surface area contributed by atoms with Gasteiger partial charge in [-0.3, -0.25) is 0 Å². The van der Waals surface area contributed by atoms with E-state index in [0.29, 0.717) is 0 Å². The molecule has 0 amide bonds. The smallest absolute Gasteiger partial charge is 0.133 e. The van der Waals surface area contributed by atoms with Gasteiger partial charge in [-0.25, -0.2) is 0 Å². The van der Waals surface area contributed by atoms with E-state index in [1.165, 1.54) is 16.7 Å². The van der Waals surface area contributed by atoms with Crippen molar-refractivity contribution in [1.82, 2.24) is 0 Å². The first-order chi connectivity index (χ1) is 10.0. The molecule has 0 heterocycles. The monoisotopic (exact) mass is 347 g/mol. The Morgan fingerprint density at radius 3 is 2.62 bits per heavy atom. The molecule has 0 fully saturated rings. The van der Waals surface area contributed by atoms with Gasteiger partial charge in [0.1, 0.15) is 5.75 Å². The van der Waals surface area contributed by atoms with Gasteiger partial charge in [0.25, 0.3) is 0 Å². The summed E-state index contributed by atoms with van der Waals surface area (Å²) in [6.45, 7) is 7.06. The van der Waals surface area contributed by atoms with Gasteiger partial charge in [0, 0.05) is 0 Å². The normalized spacial score (nSPS) is 12.2. The highest BCUT2D eigenvalue weighted by Gasteiger charge is 2.14. The lowest BCUT2D eigenvalue weighted by Crippen LogP contribution is -2.14. The summed E-state index contributed by atoms with van der Waals surface area (Å²) < 4.78 is 6.63. The molecule has 2 nitrogen and oxygen atoms in total. The van der Waals surface area contributed by atoms with Gasteiger partial charge >= 0.3 is 0 Å². The van der Waals surface area contributed by atoms with Crippen molar-refractivity contribution in [3.05, 3.63) is 63.1 Å². The third-order valence-electron chi connectivity index (χ3n) is 3.76. The fraction of sp³-hybridized carbons (Fsp3) is 0.333. The van der Waals surface area contributed by atoms with E-state index in [9.17, 15) is 0 Å². The summed E-state index contributed by atoms with van der Waals surface area (Å²) in [5.74, 6) is 0.869. The van der Waals surface area contributed by atoms with Gasteiger partial charge in [-0.05, 0) is 70.6 Å². The largest absolute Gasteiger partial charge is 0.492 e. The van der Waals surface area contributed by atoms with Crippen LogP contribution in [-0.2, 0) is 0 Å². The Bertz CT molecular complexity index is 625. The third kappa shape index (κ3) is 3.66. The van der Waals surface area contributed by atoms with Gasteiger partial charge in [-0.1, -0.05) is 31.2 Å². The van der Waals surface area contributed by atoms with Crippen LogP contribution in [0.1, 0.15) is 41.6 Å². The van der Waals surface area contributed by atoms with Crippen molar-refractivity contribution in [2.45, 2.75) is 33.2 Å². The molecule has 2 aromatic carbocycles. The van der Waals surface area contributed by atoms with E-state index in [-0.39, 0.29) is 6.04 Å². The highest BCUT2D eigenvalue weighted by atomic mass is 79.9. The van der Waals surface area contributed by atoms with Gasteiger partial charge in [-0.2, -0.15) is 0 Å². The molecule has 2 rings (SSSR count). The van der Waals surface area contributed by atoms with Crippen LogP contribution in [0, 0.1) is 13.8 Å². The molecule has 0 saturated carbocycles. The van der Waals surface area contributed by atoms with Crippen LogP contribution in [0.4, 0.5) is 0 Å². The second-order valence-electron chi connectivity index (χ2n) is 5.31. The first-order valence-electron chi connectivity index (χ1n) is 7.28.